The monoisotopic (exact) mass is 302 g/mol. The van der Waals surface area contributed by atoms with E-state index >= 15 is 0 Å². The van der Waals surface area contributed by atoms with Gasteiger partial charge >= 0.3 is 0 Å². The lowest BCUT2D eigenvalue weighted by Gasteiger charge is -1.92. The summed E-state index contributed by atoms with van der Waals surface area (Å²) in [5, 5.41) is 2.62. The molecule has 0 aliphatic heterocycles. The second-order valence-electron chi connectivity index (χ2n) is 5.35. The second kappa shape index (κ2) is 19.7. The van der Waals surface area contributed by atoms with Crippen LogP contribution in [-0.2, 0) is 0 Å². The van der Waals surface area contributed by atoms with Gasteiger partial charge in [-0.2, -0.15) is 0 Å². The smallest absolute Gasteiger partial charge is 0.0184 e. The maximum absolute atomic E-state index is 2.18. The number of hydrogen-bond acceptors (Lipinski definition) is 0. The molecule has 0 heterocycles. The molecule has 0 spiro atoms. The van der Waals surface area contributed by atoms with E-state index in [1.54, 1.807) is 0 Å². The van der Waals surface area contributed by atoms with Gasteiger partial charge in [0.15, 0.2) is 0 Å². The fourth-order valence-corrected chi connectivity index (χ4v) is 1.13. The minimum Gasteiger partial charge on any atom is -0.0654 e. The van der Waals surface area contributed by atoms with E-state index in [9.17, 15) is 0 Å². The van der Waals surface area contributed by atoms with E-state index in [1.165, 1.54) is 49.3 Å². The SMILES string of the molecule is CCCC.CCCC.CCCC.c1ccc2ccccc2c1. The Hall–Kier alpha value is -1.30. The van der Waals surface area contributed by atoms with Crippen molar-refractivity contribution in [1.29, 1.82) is 0 Å². The lowest BCUT2D eigenvalue weighted by atomic mass is 10.1. The van der Waals surface area contributed by atoms with Crippen LogP contribution in [-0.4, -0.2) is 0 Å². The van der Waals surface area contributed by atoms with E-state index in [0.717, 1.165) is 0 Å². The van der Waals surface area contributed by atoms with Crippen LogP contribution in [0.1, 0.15) is 80.1 Å². The normalized spacial score (nSPS) is 8.64. The van der Waals surface area contributed by atoms with Crippen molar-refractivity contribution < 1.29 is 0 Å². The number of rotatable bonds is 3. The largest absolute Gasteiger partial charge is 0.0654 e. The van der Waals surface area contributed by atoms with Crippen LogP contribution in [0.3, 0.4) is 0 Å². The summed E-state index contributed by atoms with van der Waals surface area (Å²) in [5.41, 5.74) is 0. The van der Waals surface area contributed by atoms with Gasteiger partial charge in [0.05, 0.1) is 0 Å². The number of benzene rings is 2. The quantitative estimate of drug-likeness (QED) is 0.535. The molecule has 0 aliphatic rings. The molecular formula is C22H38. The second-order valence-corrected chi connectivity index (χ2v) is 5.35. The first-order valence-electron chi connectivity index (χ1n) is 9.15. The van der Waals surface area contributed by atoms with E-state index < -0.39 is 0 Å². The Labute approximate surface area is 140 Å². The highest BCUT2D eigenvalue weighted by Crippen LogP contribution is 2.11. The molecule has 0 aliphatic carbocycles. The average Bonchev–Trinajstić information content (AvgIpc) is 2.62. The third-order valence-corrected chi connectivity index (χ3v) is 3.16. The van der Waals surface area contributed by atoms with Crippen molar-refractivity contribution in [1.82, 2.24) is 0 Å². The highest BCUT2D eigenvalue weighted by molar-refractivity contribution is 5.81. The van der Waals surface area contributed by atoms with Crippen molar-refractivity contribution in [3.63, 3.8) is 0 Å². The maximum Gasteiger partial charge on any atom is -0.0184 e. The van der Waals surface area contributed by atoms with Crippen LogP contribution >= 0.6 is 0 Å². The molecule has 0 fully saturated rings. The zero-order valence-electron chi connectivity index (χ0n) is 15.9. The molecule has 2 aromatic rings. The molecule has 0 atom stereocenters. The Morgan fingerprint density at radius 1 is 0.409 bits per heavy atom. The molecule has 0 unspecified atom stereocenters. The lowest BCUT2D eigenvalue weighted by molar-refractivity contribution is 0.886. The van der Waals surface area contributed by atoms with Crippen molar-refractivity contribution in [3.8, 4) is 0 Å². The van der Waals surface area contributed by atoms with Crippen LogP contribution in [0.5, 0.6) is 0 Å². The fraction of sp³-hybridized carbons (Fsp3) is 0.545. The molecule has 0 aromatic heterocycles. The summed E-state index contributed by atoms with van der Waals surface area (Å²) in [4.78, 5) is 0. The van der Waals surface area contributed by atoms with Gasteiger partial charge in [-0.1, -0.05) is 129 Å². The third-order valence-electron chi connectivity index (χ3n) is 3.16. The number of unbranched alkanes of at least 4 members (excludes halogenated alkanes) is 3. The van der Waals surface area contributed by atoms with E-state index in [1.807, 2.05) is 0 Å². The van der Waals surface area contributed by atoms with Gasteiger partial charge in [-0.25, -0.2) is 0 Å². The Balaban J connectivity index is 0. The molecule has 0 N–H and O–H groups in total. The van der Waals surface area contributed by atoms with Crippen molar-refractivity contribution in [2.24, 2.45) is 0 Å². The van der Waals surface area contributed by atoms with Crippen molar-refractivity contribution in [3.05, 3.63) is 48.5 Å². The zero-order valence-corrected chi connectivity index (χ0v) is 15.9. The number of hydrogen-bond donors (Lipinski definition) is 0. The first-order chi connectivity index (χ1) is 10.7. The first kappa shape index (κ1) is 23.0. The maximum atomic E-state index is 2.18. The van der Waals surface area contributed by atoms with Gasteiger partial charge in [0.1, 0.15) is 0 Å². The standard InChI is InChI=1S/C10H8.3C4H10/c1-2-6-10-8-4-3-7-9(10)5-1;3*1-3-4-2/h1-8H;3*3-4H2,1-2H3. The molecule has 0 radical (unpaired) electrons. The fourth-order valence-electron chi connectivity index (χ4n) is 1.13. The average molecular weight is 303 g/mol. The molecule has 0 nitrogen and oxygen atoms in total. The Kier molecular flexibility index (Phi) is 20.6. The molecule has 0 saturated carbocycles. The summed E-state index contributed by atoms with van der Waals surface area (Å²) in [6.07, 6.45) is 7.92. The van der Waals surface area contributed by atoms with Crippen LogP contribution < -0.4 is 0 Å². The van der Waals surface area contributed by atoms with Gasteiger partial charge in [0.2, 0.25) is 0 Å². The predicted octanol–water partition coefficient (Wildman–Crippen LogP) is 8.26. The van der Waals surface area contributed by atoms with Crippen molar-refractivity contribution in [2.45, 2.75) is 80.1 Å². The third kappa shape index (κ3) is 15.1. The van der Waals surface area contributed by atoms with E-state index in [0.29, 0.717) is 0 Å². The lowest BCUT2D eigenvalue weighted by Crippen LogP contribution is -1.67. The highest BCUT2D eigenvalue weighted by atomic mass is 13.9. The van der Waals surface area contributed by atoms with Gasteiger partial charge in [-0.15, -0.1) is 0 Å². The highest BCUT2D eigenvalue weighted by Gasteiger charge is 1.85. The van der Waals surface area contributed by atoms with Gasteiger partial charge in [0.25, 0.3) is 0 Å². The molecule has 22 heavy (non-hydrogen) atoms. The van der Waals surface area contributed by atoms with Crippen LogP contribution in [0.15, 0.2) is 48.5 Å². The predicted molar refractivity (Wildman–Crippen MR) is 106 cm³/mol. The molecule has 0 bridgehead atoms. The summed E-state index contributed by atoms with van der Waals surface area (Å²) in [6.45, 7) is 13.1. The topological polar surface area (TPSA) is 0 Å². The van der Waals surface area contributed by atoms with Crippen LogP contribution in [0.4, 0.5) is 0 Å². The molecule has 2 aromatic carbocycles. The minimum atomic E-state index is 1.31. The molecular weight excluding hydrogens is 264 g/mol. The summed E-state index contributed by atoms with van der Waals surface area (Å²) in [7, 11) is 0. The molecule has 126 valence electrons. The van der Waals surface area contributed by atoms with E-state index in [2.05, 4.69) is 90.1 Å². The van der Waals surface area contributed by atoms with E-state index in [-0.39, 0.29) is 0 Å². The van der Waals surface area contributed by atoms with Crippen molar-refractivity contribution in [2.75, 3.05) is 0 Å². The Bertz CT molecular complexity index is 336. The summed E-state index contributed by atoms with van der Waals surface area (Å²) >= 11 is 0. The van der Waals surface area contributed by atoms with Crippen molar-refractivity contribution >= 4 is 10.8 Å². The van der Waals surface area contributed by atoms with Gasteiger partial charge in [0, 0.05) is 0 Å². The molecule has 0 saturated heterocycles. The van der Waals surface area contributed by atoms with Crippen LogP contribution in [0.2, 0.25) is 0 Å². The van der Waals surface area contributed by atoms with Crippen LogP contribution in [0, 0.1) is 0 Å². The van der Waals surface area contributed by atoms with E-state index in [4.69, 9.17) is 0 Å². The Morgan fingerprint density at radius 2 is 0.591 bits per heavy atom. The number of fused-ring (bicyclic) bond motifs is 1. The van der Waals surface area contributed by atoms with Crippen LogP contribution in [0.25, 0.3) is 10.8 Å². The van der Waals surface area contributed by atoms with Gasteiger partial charge < -0.3 is 0 Å². The Morgan fingerprint density at radius 3 is 0.727 bits per heavy atom. The first-order valence-corrected chi connectivity index (χ1v) is 9.15. The summed E-state index contributed by atoms with van der Waals surface area (Å²) in [5.74, 6) is 0. The molecule has 0 amide bonds. The minimum absolute atomic E-state index is 1.31. The molecule has 0 heteroatoms. The van der Waals surface area contributed by atoms with Gasteiger partial charge in [-0.3, -0.25) is 0 Å². The summed E-state index contributed by atoms with van der Waals surface area (Å²) in [6, 6.07) is 16.7. The molecule has 2 rings (SSSR count). The summed E-state index contributed by atoms with van der Waals surface area (Å²) < 4.78 is 0. The van der Waals surface area contributed by atoms with Gasteiger partial charge in [-0.05, 0) is 10.8 Å². The zero-order chi connectivity index (χ0) is 17.1.